The van der Waals surface area contributed by atoms with Gasteiger partial charge >= 0.3 is 0 Å². The Morgan fingerprint density at radius 3 is 2.38 bits per heavy atom. The van der Waals surface area contributed by atoms with E-state index >= 15 is 0 Å². The molecule has 0 radical (unpaired) electrons. The lowest BCUT2D eigenvalue weighted by molar-refractivity contribution is 0.0343. The molecule has 0 aliphatic heterocycles. The molecule has 1 heterocycles. The van der Waals surface area contributed by atoms with Gasteiger partial charge < -0.3 is 10.1 Å². The first-order valence-corrected chi connectivity index (χ1v) is 5.53. The summed E-state index contributed by atoms with van der Waals surface area (Å²) in [6.07, 6.45) is 0. The Morgan fingerprint density at radius 1 is 1.25 bits per heavy atom. The van der Waals surface area contributed by atoms with Crippen molar-refractivity contribution in [2.45, 2.75) is 33.3 Å². The first kappa shape index (κ1) is 13.2. The molecule has 0 amide bonds. The Kier molecular flexibility index (Phi) is 4.10. The number of hydrogen-bond acceptors (Lipinski definition) is 4. The van der Waals surface area contributed by atoms with Crippen molar-refractivity contribution in [3.63, 3.8) is 0 Å². The molecule has 0 bridgehead atoms. The average molecular weight is 244 g/mol. The molecule has 0 saturated carbocycles. The standard InChI is InChI=1S/C11H18ClN3O/c1-7-8(2)15-10(9(12)14-7)13-6-11(3,4)16-5/h6H2,1-5H3,(H,13,15). The van der Waals surface area contributed by atoms with Crippen LogP contribution in [-0.4, -0.2) is 29.2 Å². The van der Waals surface area contributed by atoms with Crippen LogP contribution in [0.1, 0.15) is 25.2 Å². The van der Waals surface area contributed by atoms with Crippen molar-refractivity contribution < 1.29 is 4.74 Å². The molecule has 1 aromatic rings. The number of rotatable bonds is 4. The summed E-state index contributed by atoms with van der Waals surface area (Å²) in [6.45, 7) is 8.40. The van der Waals surface area contributed by atoms with Gasteiger partial charge in [-0.2, -0.15) is 0 Å². The molecular formula is C11H18ClN3O. The summed E-state index contributed by atoms with van der Waals surface area (Å²) in [5.41, 5.74) is 1.47. The molecule has 1 rings (SSSR count). The van der Waals surface area contributed by atoms with Crippen molar-refractivity contribution in [3.05, 3.63) is 16.5 Å². The van der Waals surface area contributed by atoms with Gasteiger partial charge in [-0.25, -0.2) is 9.97 Å². The second-order valence-corrected chi connectivity index (χ2v) is 4.71. The van der Waals surface area contributed by atoms with Gasteiger partial charge in [0.2, 0.25) is 0 Å². The quantitative estimate of drug-likeness (QED) is 0.883. The van der Waals surface area contributed by atoms with Crippen LogP contribution in [0.5, 0.6) is 0 Å². The van der Waals surface area contributed by atoms with Crippen LogP contribution < -0.4 is 5.32 Å². The highest BCUT2D eigenvalue weighted by molar-refractivity contribution is 6.31. The van der Waals surface area contributed by atoms with Crippen molar-refractivity contribution in [1.29, 1.82) is 0 Å². The first-order valence-electron chi connectivity index (χ1n) is 5.15. The van der Waals surface area contributed by atoms with Gasteiger partial charge in [0.05, 0.1) is 17.0 Å². The Labute approximate surface area is 101 Å². The van der Waals surface area contributed by atoms with Crippen molar-refractivity contribution >= 4 is 17.4 Å². The lowest BCUT2D eigenvalue weighted by Crippen LogP contribution is -2.32. The van der Waals surface area contributed by atoms with Crippen LogP contribution in [0.4, 0.5) is 5.82 Å². The molecule has 5 heteroatoms. The highest BCUT2D eigenvalue weighted by Crippen LogP contribution is 2.19. The summed E-state index contributed by atoms with van der Waals surface area (Å²) in [5, 5.41) is 3.54. The number of nitrogens with zero attached hydrogens (tertiary/aromatic N) is 2. The van der Waals surface area contributed by atoms with Crippen LogP contribution in [0, 0.1) is 13.8 Å². The van der Waals surface area contributed by atoms with E-state index in [1.165, 1.54) is 0 Å². The first-order chi connectivity index (χ1) is 7.35. The zero-order valence-corrected chi connectivity index (χ0v) is 11.1. The Bertz CT molecular complexity index is 380. The second kappa shape index (κ2) is 4.97. The summed E-state index contributed by atoms with van der Waals surface area (Å²) in [5.74, 6) is 0.606. The van der Waals surface area contributed by atoms with Crippen LogP contribution >= 0.6 is 11.6 Å². The van der Waals surface area contributed by atoms with E-state index in [-0.39, 0.29) is 5.60 Å². The molecule has 0 fully saturated rings. The summed E-state index contributed by atoms with van der Waals surface area (Å²) >= 11 is 6.00. The van der Waals surface area contributed by atoms with Crippen molar-refractivity contribution in [1.82, 2.24) is 9.97 Å². The van der Waals surface area contributed by atoms with E-state index in [1.807, 2.05) is 27.7 Å². The van der Waals surface area contributed by atoms with E-state index in [4.69, 9.17) is 16.3 Å². The van der Waals surface area contributed by atoms with Gasteiger partial charge in [-0.3, -0.25) is 0 Å². The monoisotopic (exact) mass is 243 g/mol. The Hall–Kier alpha value is -0.870. The molecule has 0 saturated heterocycles. The summed E-state index contributed by atoms with van der Waals surface area (Å²) in [7, 11) is 1.68. The average Bonchev–Trinajstić information content (AvgIpc) is 2.22. The summed E-state index contributed by atoms with van der Waals surface area (Å²) in [4.78, 5) is 8.55. The van der Waals surface area contributed by atoms with Gasteiger partial charge in [0.25, 0.3) is 0 Å². The molecule has 1 N–H and O–H groups in total. The summed E-state index contributed by atoms with van der Waals surface area (Å²) < 4.78 is 5.30. The Morgan fingerprint density at radius 2 is 1.81 bits per heavy atom. The third kappa shape index (κ3) is 3.32. The van der Waals surface area contributed by atoms with Crippen molar-refractivity contribution in [3.8, 4) is 0 Å². The van der Waals surface area contributed by atoms with Gasteiger partial charge in [-0.1, -0.05) is 11.6 Å². The maximum Gasteiger partial charge on any atom is 0.171 e. The molecule has 0 aliphatic rings. The predicted molar refractivity (Wildman–Crippen MR) is 66.1 cm³/mol. The second-order valence-electron chi connectivity index (χ2n) is 4.35. The molecule has 90 valence electrons. The van der Waals surface area contributed by atoms with Gasteiger partial charge in [0.15, 0.2) is 11.0 Å². The minimum Gasteiger partial charge on any atom is -0.377 e. The van der Waals surface area contributed by atoms with E-state index < -0.39 is 0 Å². The zero-order chi connectivity index (χ0) is 12.3. The molecule has 0 atom stereocenters. The molecule has 16 heavy (non-hydrogen) atoms. The van der Waals surface area contributed by atoms with Crippen molar-refractivity contribution in [2.75, 3.05) is 19.0 Å². The topological polar surface area (TPSA) is 47.0 Å². The van der Waals surface area contributed by atoms with E-state index in [0.29, 0.717) is 17.5 Å². The highest BCUT2D eigenvalue weighted by Gasteiger charge is 2.17. The van der Waals surface area contributed by atoms with Gasteiger partial charge in [0, 0.05) is 13.7 Å². The van der Waals surface area contributed by atoms with Crippen LogP contribution in [-0.2, 0) is 4.74 Å². The maximum atomic E-state index is 6.00. The van der Waals surface area contributed by atoms with Gasteiger partial charge in [0.1, 0.15) is 0 Å². The molecule has 0 spiro atoms. The minimum absolute atomic E-state index is 0.260. The lowest BCUT2D eigenvalue weighted by Gasteiger charge is -2.23. The van der Waals surface area contributed by atoms with Crippen LogP contribution in [0.3, 0.4) is 0 Å². The number of anilines is 1. The number of hydrogen-bond donors (Lipinski definition) is 1. The van der Waals surface area contributed by atoms with E-state index in [0.717, 1.165) is 11.4 Å². The predicted octanol–water partition coefficient (Wildman–Crippen LogP) is 2.58. The largest absolute Gasteiger partial charge is 0.377 e. The maximum absolute atomic E-state index is 6.00. The fourth-order valence-corrected chi connectivity index (χ4v) is 1.29. The molecule has 4 nitrogen and oxygen atoms in total. The van der Waals surface area contributed by atoms with Crippen LogP contribution in [0.2, 0.25) is 5.15 Å². The number of aromatic nitrogens is 2. The highest BCUT2D eigenvalue weighted by atomic mass is 35.5. The zero-order valence-electron chi connectivity index (χ0n) is 10.4. The molecule has 0 aliphatic carbocycles. The summed E-state index contributed by atoms with van der Waals surface area (Å²) in [6, 6.07) is 0. The molecule has 0 aromatic carbocycles. The third-order valence-electron chi connectivity index (χ3n) is 2.50. The van der Waals surface area contributed by atoms with Gasteiger partial charge in [-0.15, -0.1) is 0 Å². The fraction of sp³-hybridized carbons (Fsp3) is 0.636. The normalized spacial score (nSPS) is 11.6. The number of aryl methyl sites for hydroxylation is 2. The molecule has 1 aromatic heterocycles. The van der Waals surface area contributed by atoms with E-state index in [9.17, 15) is 0 Å². The van der Waals surface area contributed by atoms with Gasteiger partial charge in [-0.05, 0) is 27.7 Å². The van der Waals surface area contributed by atoms with Crippen molar-refractivity contribution in [2.24, 2.45) is 0 Å². The number of nitrogens with one attached hydrogen (secondary N) is 1. The number of ether oxygens (including phenoxy) is 1. The van der Waals surface area contributed by atoms with E-state index in [2.05, 4.69) is 15.3 Å². The van der Waals surface area contributed by atoms with Crippen LogP contribution in [0.15, 0.2) is 0 Å². The van der Waals surface area contributed by atoms with Crippen LogP contribution in [0.25, 0.3) is 0 Å². The SMILES string of the molecule is COC(C)(C)CNc1nc(C)c(C)nc1Cl. The smallest absolute Gasteiger partial charge is 0.171 e. The molecule has 0 unspecified atom stereocenters. The molecular weight excluding hydrogens is 226 g/mol. The third-order valence-corrected chi connectivity index (χ3v) is 2.76. The minimum atomic E-state index is -0.260. The lowest BCUT2D eigenvalue weighted by atomic mass is 10.1. The Balaban J connectivity index is 2.79. The fourth-order valence-electron chi connectivity index (χ4n) is 1.06. The number of methoxy groups -OCH3 is 1. The number of halogens is 1. The van der Waals surface area contributed by atoms with E-state index in [1.54, 1.807) is 7.11 Å².